The first-order valence-corrected chi connectivity index (χ1v) is 13.6. The molecule has 13 atom stereocenters. The molecule has 34 heavy (non-hydrogen) atoms. The molecule has 4 rings (SSSR count). The molecule has 0 aromatic carbocycles. The van der Waals surface area contributed by atoms with Gasteiger partial charge < -0.3 is 20.4 Å². The summed E-state index contributed by atoms with van der Waals surface area (Å²) in [6.45, 7) is 11.0. The molecule has 0 aromatic rings. The van der Waals surface area contributed by atoms with Crippen molar-refractivity contribution in [3.63, 3.8) is 0 Å². The number of alkyl halides is 1. The number of rotatable bonds is 5. The van der Waals surface area contributed by atoms with Crippen LogP contribution in [-0.4, -0.2) is 56.3 Å². The van der Waals surface area contributed by atoms with Gasteiger partial charge >= 0.3 is 0 Å². The molecule has 0 aliphatic heterocycles. The molecule has 1 unspecified atom stereocenters. The van der Waals surface area contributed by atoms with E-state index >= 15 is 0 Å². The van der Waals surface area contributed by atoms with E-state index in [0.717, 1.165) is 25.7 Å². The zero-order chi connectivity index (χ0) is 25.4. The van der Waals surface area contributed by atoms with Gasteiger partial charge in [-0.05, 0) is 92.8 Å². The van der Waals surface area contributed by atoms with E-state index in [2.05, 4.69) is 13.8 Å². The third-order valence-electron chi connectivity index (χ3n) is 11.7. The van der Waals surface area contributed by atoms with Gasteiger partial charge in [0, 0.05) is 18.3 Å². The summed E-state index contributed by atoms with van der Waals surface area (Å²) < 4.78 is 14.5. The number of Topliss-reactive ketones (excluding diaryl/α,β-unsaturated/α-hetero) is 1. The highest BCUT2D eigenvalue weighted by atomic mass is 19.1. The van der Waals surface area contributed by atoms with Crippen LogP contribution >= 0.6 is 0 Å². The molecular formula is C28H47FO5. The Morgan fingerprint density at radius 1 is 0.971 bits per heavy atom. The Hall–Kier alpha value is -0.560. The molecule has 4 aliphatic rings. The summed E-state index contributed by atoms with van der Waals surface area (Å²) in [6, 6.07) is 0. The molecule has 4 saturated carbocycles. The van der Waals surface area contributed by atoms with Crippen molar-refractivity contribution < 1.29 is 29.6 Å². The maximum Gasteiger partial charge on any atom is 0.136 e. The molecule has 6 heteroatoms. The molecule has 0 heterocycles. The lowest BCUT2D eigenvalue weighted by Gasteiger charge is -2.61. The molecule has 5 nitrogen and oxygen atoms in total. The highest BCUT2D eigenvalue weighted by Crippen LogP contribution is 2.67. The third-order valence-corrected chi connectivity index (χ3v) is 11.7. The molecule has 4 N–H and O–H groups in total. The molecule has 0 amide bonds. The number of aliphatic hydroxyl groups excluding tert-OH is 4. The minimum Gasteiger partial charge on any atom is -0.390 e. The first kappa shape index (κ1) is 26.5. The van der Waals surface area contributed by atoms with Crippen molar-refractivity contribution in [1.29, 1.82) is 0 Å². The number of hydrogen-bond acceptors (Lipinski definition) is 5. The van der Waals surface area contributed by atoms with Crippen LogP contribution in [-0.2, 0) is 4.79 Å². The molecule has 4 fully saturated rings. The van der Waals surface area contributed by atoms with Gasteiger partial charge in [-0.15, -0.1) is 0 Å². The van der Waals surface area contributed by atoms with Gasteiger partial charge in [-0.3, -0.25) is 4.79 Å². The van der Waals surface area contributed by atoms with Gasteiger partial charge in [0.25, 0.3) is 0 Å². The zero-order valence-corrected chi connectivity index (χ0v) is 21.9. The van der Waals surface area contributed by atoms with Crippen LogP contribution < -0.4 is 0 Å². The van der Waals surface area contributed by atoms with Crippen LogP contribution in [0.1, 0.15) is 86.5 Å². The van der Waals surface area contributed by atoms with Crippen LogP contribution in [0.25, 0.3) is 0 Å². The van der Waals surface area contributed by atoms with E-state index in [0.29, 0.717) is 31.1 Å². The molecule has 0 radical (unpaired) electrons. The van der Waals surface area contributed by atoms with Crippen LogP contribution in [0.5, 0.6) is 0 Å². The fraction of sp³-hybridized carbons (Fsp3) is 0.964. The minimum atomic E-state index is -1.58. The SMILES string of the molecule is C[C@H]([C@@H](O)[C@H](O)[C@@H](C)C(C)(C)F)[C@H]1CC[C@H]2[C@@H]3CC(=O)C4C[C@H](O)[C@H](O)C[C@]4(C)[C@H]3CC[C@]12C. The van der Waals surface area contributed by atoms with Crippen molar-refractivity contribution in [3.8, 4) is 0 Å². The maximum atomic E-state index is 14.5. The average Bonchev–Trinajstić information content (AvgIpc) is 3.10. The number of hydrogen-bond donors (Lipinski definition) is 4. The van der Waals surface area contributed by atoms with Crippen molar-refractivity contribution >= 4 is 5.78 Å². The van der Waals surface area contributed by atoms with E-state index in [-0.39, 0.29) is 40.3 Å². The fourth-order valence-electron chi connectivity index (χ4n) is 9.23. The van der Waals surface area contributed by atoms with Crippen molar-refractivity contribution in [2.45, 2.75) is 117 Å². The van der Waals surface area contributed by atoms with Crippen LogP contribution in [0.3, 0.4) is 0 Å². The lowest BCUT2D eigenvalue weighted by Crippen LogP contribution is -2.59. The Kier molecular flexibility index (Phi) is 6.84. The molecule has 0 aromatic heterocycles. The van der Waals surface area contributed by atoms with Crippen molar-refractivity contribution in [2.24, 2.45) is 52.3 Å². The summed E-state index contributed by atoms with van der Waals surface area (Å²) in [5.74, 6) is 0.416. The maximum absolute atomic E-state index is 14.5. The number of carbonyl (C=O) groups excluding carboxylic acids is 1. The Labute approximate surface area is 204 Å². The Balaban J connectivity index is 1.55. The lowest BCUT2D eigenvalue weighted by atomic mass is 9.44. The first-order chi connectivity index (χ1) is 15.6. The normalized spacial score (nSPS) is 48.3. The minimum absolute atomic E-state index is 0.0357. The number of carbonyl (C=O) groups is 1. The van der Waals surface area contributed by atoms with Gasteiger partial charge in [0.15, 0.2) is 0 Å². The Bertz CT molecular complexity index is 781. The number of aliphatic hydroxyl groups is 4. The predicted molar refractivity (Wildman–Crippen MR) is 129 cm³/mol. The van der Waals surface area contributed by atoms with Crippen LogP contribution in [0, 0.1) is 52.3 Å². The van der Waals surface area contributed by atoms with Gasteiger partial charge in [0.2, 0.25) is 0 Å². The molecular weight excluding hydrogens is 435 g/mol. The Morgan fingerprint density at radius 3 is 2.21 bits per heavy atom. The van der Waals surface area contributed by atoms with Crippen molar-refractivity contribution in [1.82, 2.24) is 0 Å². The monoisotopic (exact) mass is 482 g/mol. The van der Waals surface area contributed by atoms with E-state index < -0.39 is 36.0 Å². The van der Waals surface area contributed by atoms with Gasteiger partial charge in [-0.25, -0.2) is 4.39 Å². The van der Waals surface area contributed by atoms with Gasteiger partial charge in [0.1, 0.15) is 11.5 Å². The van der Waals surface area contributed by atoms with E-state index in [1.54, 1.807) is 6.92 Å². The van der Waals surface area contributed by atoms with Crippen LogP contribution in [0.4, 0.5) is 4.39 Å². The summed E-state index contributed by atoms with van der Waals surface area (Å²) in [5.41, 5.74) is -1.89. The highest BCUT2D eigenvalue weighted by Gasteiger charge is 2.63. The quantitative estimate of drug-likeness (QED) is 0.477. The summed E-state index contributed by atoms with van der Waals surface area (Å²) in [6.07, 6.45) is 1.63. The summed E-state index contributed by atoms with van der Waals surface area (Å²) in [4.78, 5) is 13.3. The summed E-state index contributed by atoms with van der Waals surface area (Å²) >= 11 is 0. The standard InChI is InChI=1S/C28H47FO5/c1-14(24(33)25(34)15(2)26(3,4)29)17-7-8-18-16-11-21(30)20-12-22(31)23(32)13-28(20,6)19(16)9-10-27(17,18)5/h14-20,22-25,31-34H,7-13H2,1-6H3/t14-,15+,16-,17+,18-,19-,20?,22-,23+,24+,25+,27+,28+/m0/s1. The van der Waals surface area contributed by atoms with Gasteiger partial charge in [-0.1, -0.05) is 27.7 Å². The predicted octanol–water partition coefficient (Wildman–Crippen LogP) is 3.90. The molecule has 0 bridgehead atoms. The van der Waals surface area contributed by atoms with Crippen LogP contribution in [0.15, 0.2) is 0 Å². The third kappa shape index (κ3) is 3.99. The van der Waals surface area contributed by atoms with E-state index in [9.17, 15) is 29.6 Å². The van der Waals surface area contributed by atoms with E-state index in [1.807, 2.05) is 6.92 Å². The zero-order valence-electron chi connectivity index (χ0n) is 21.9. The first-order valence-electron chi connectivity index (χ1n) is 13.6. The largest absolute Gasteiger partial charge is 0.390 e. The van der Waals surface area contributed by atoms with Gasteiger partial charge in [-0.2, -0.15) is 0 Å². The second-order valence-corrected chi connectivity index (χ2v) is 13.6. The van der Waals surface area contributed by atoms with E-state index in [4.69, 9.17) is 0 Å². The number of ketones is 1. The van der Waals surface area contributed by atoms with Crippen molar-refractivity contribution in [3.05, 3.63) is 0 Å². The second-order valence-electron chi connectivity index (χ2n) is 13.6. The lowest BCUT2D eigenvalue weighted by molar-refractivity contribution is -0.175. The molecule has 196 valence electrons. The fourth-order valence-corrected chi connectivity index (χ4v) is 9.23. The second kappa shape index (κ2) is 8.78. The topological polar surface area (TPSA) is 98.0 Å². The molecule has 0 saturated heterocycles. The van der Waals surface area contributed by atoms with Crippen molar-refractivity contribution in [2.75, 3.05) is 0 Å². The van der Waals surface area contributed by atoms with E-state index in [1.165, 1.54) is 13.8 Å². The number of fused-ring (bicyclic) bond motifs is 5. The summed E-state index contributed by atoms with van der Waals surface area (Å²) in [7, 11) is 0. The van der Waals surface area contributed by atoms with Gasteiger partial charge in [0.05, 0.1) is 24.4 Å². The highest BCUT2D eigenvalue weighted by molar-refractivity contribution is 5.83. The molecule has 4 aliphatic carbocycles. The Morgan fingerprint density at radius 2 is 1.59 bits per heavy atom. The molecule has 0 spiro atoms. The smallest absolute Gasteiger partial charge is 0.136 e. The van der Waals surface area contributed by atoms with Crippen LogP contribution in [0.2, 0.25) is 0 Å². The number of halogens is 1. The summed E-state index contributed by atoms with van der Waals surface area (Å²) in [5, 5.41) is 42.6. The average molecular weight is 483 g/mol.